The Labute approximate surface area is 236 Å². The number of aryl methyl sites for hydroxylation is 2. The van der Waals surface area contributed by atoms with Crippen LogP contribution in [0.1, 0.15) is 64.5 Å². The van der Waals surface area contributed by atoms with Gasteiger partial charge in [0.25, 0.3) is 5.91 Å². The Hall–Kier alpha value is -5.00. The molecular weight excluding hydrogens is 524 g/mol. The minimum atomic E-state index is -0.590. The molecule has 0 spiro atoms. The van der Waals surface area contributed by atoms with Gasteiger partial charge in [0, 0.05) is 30.9 Å². The predicted molar refractivity (Wildman–Crippen MR) is 154 cm³/mol. The number of imidazole rings is 1. The number of ether oxygens (including phenoxy) is 1. The Morgan fingerprint density at radius 2 is 2.05 bits per heavy atom. The highest BCUT2D eigenvalue weighted by molar-refractivity contribution is 6.04. The minimum absolute atomic E-state index is 0.125. The van der Waals surface area contributed by atoms with E-state index in [0.29, 0.717) is 53.8 Å². The molecule has 12 heteroatoms. The van der Waals surface area contributed by atoms with Gasteiger partial charge in [-0.2, -0.15) is 5.10 Å². The lowest BCUT2D eigenvalue weighted by Gasteiger charge is -2.27. The van der Waals surface area contributed by atoms with E-state index in [4.69, 9.17) is 10.5 Å². The number of hydrogen-bond acceptors (Lipinski definition) is 7. The summed E-state index contributed by atoms with van der Waals surface area (Å²) < 4.78 is 9.63. The summed E-state index contributed by atoms with van der Waals surface area (Å²) in [7, 11) is 0. The van der Waals surface area contributed by atoms with E-state index < -0.39 is 5.91 Å². The van der Waals surface area contributed by atoms with E-state index in [1.165, 1.54) is 6.08 Å². The van der Waals surface area contributed by atoms with Crippen molar-refractivity contribution < 1.29 is 19.1 Å². The molecule has 5 rings (SSSR count). The van der Waals surface area contributed by atoms with Crippen LogP contribution in [-0.2, 0) is 11.3 Å². The molecule has 1 aliphatic heterocycles. The first kappa shape index (κ1) is 27.6. The molecule has 0 unspecified atom stereocenters. The first-order chi connectivity index (χ1) is 19.8. The zero-order valence-electron chi connectivity index (χ0n) is 23.0. The number of benzene rings is 1. The molecule has 212 valence electrons. The average Bonchev–Trinajstić information content (AvgIpc) is 3.54. The number of rotatable bonds is 11. The van der Waals surface area contributed by atoms with Gasteiger partial charge in [-0.1, -0.05) is 6.07 Å². The standard InChI is InChI=1S/C29H32N8O4/c1-3-36-23(14-18(2)35-36)28(40)34-29-33-22-15-19(27(30)39)16-24-26(22)37(29)21(17-41-24)9-5-7-13-32-25(38)11-10-20-8-4-6-12-31-20/h4,6,8,10-12,14-16,21H,3,5,7,9,13,17H2,1-2H3,(H2,30,39)(H,32,38)(H,33,34,40)/b11-10+/t21-/m0/s1. The van der Waals surface area contributed by atoms with E-state index in [9.17, 15) is 14.4 Å². The van der Waals surface area contributed by atoms with Crippen LogP contribution in [-0.4, -0.2) is 55.2 Å². The van der Waals surface area contributed by atoms with Crippen LogP contribution in [0.5, 0.6) is 5.75 Å². The molecule has 4 aromatic rings. The number of carbonyl (C=O) groups excluding carboxylic acids is 3. The minimum Gasteiger partial charge on any atom is -0.489 e. The van der Waals surface area contributed by atoms with Crippen LogP contribution in [0.15, 0.2) is 48.7 Å². The van der Waals surface area contributed by atoms with Crippen LogP contribution in [0.4, 0.5) is 5.95 Å². The van der Waals surface area contributed by atoms with Crippen LogP contribution in [0.3, 0.4) is 0 Å². The van der Waals surface area contributed by atoms with E-state index in [-0.39, 0.29) is 23.4 Å². The van der Waals surface area contributed by atoms with Gasteiger partial charge < -0.3 is 20.4 Å². The summed E-state index contributed by atoms with van der Waals surface area (Å²) in [5, 5.41) is 10.2. The van der Waals surface area contributed by atoms with Crippen LogP contribution in [0, 0.1) is 6.92 Å². The van der Waals surface area contributed by atoms with Gasteiger partial charge in [0.2, 0.25) is 17.8 Å². The van der Waals surface area contributed by atoms with Crippen LogP contribution in [0.2, 0.25) is 0 Å². The van der Waals surface area contributed by atoms with Gasteiger partial charge in [0.15, 0.2) is 0 Å². The third-order valence-electron chi connectivity index (χ3n) is 6.85. The Morgan fingerprint density at radius 3 is 2.80 bits per heavy atom. The van der Waals surface area contributed by atoms with Crippen molar-refractivity contribution in [3.05, 3.63) is 71.3 Å². The maximum absolute atomic E-state index is 13.3. The number of pyridine rings is 1. The number of unbranched alkanes of at least 4 members (excludes halogenated alkanes) is 1. The molecule has 4 heterocycles. The molecule has 3 aromatic heterocycles. The molecule has 0 saturated carbocycles. The number of primary amides is 1. The van der Waals surface area contributed by atoms with Gasteiger partial charge >= 0.3 is 0 Å². The molecule has 1 aliphatic rings. The lowest BCUT2D eigenvalue weighted by molar-refractivity contribution is -0.116. The summed E-state index contributed by atoms with van der Waals surface area (Å²) in [6, 6.07) is 10.3. The van der Waals surface area contributed by atoms with Crippen LogP contribution < -0.4 is 21.1 Å². The highest BCUT2D eigenvalue weighted by atomic mass is 16.5. The van der Waals surface area contributed by atoms with E-state index in [0.717, 1.165) is 25.0 Å². The molecule has 12 nitrogen and oxygen atoms in total. The number of anilines is 1. The van der Waals surface area contributed by atoms with Crippen molar-refractivity contribution in [3.8, 4) is 5.75 Å². The van der Waals surface area contributed by atoms with Crippen molar-refractivity contribution in [1.29, 1.82) is 0 Å². The lowest BCUT2D eigenvalue weighted by Crippen LogP contribution is -2.26. The average molecular weight is 557 g/mol. The van der Waals surface area contributed by atoms with Gasteiger partial charge in [-0.3, -0.25) is 29.4 Å². The third-order valence-corrected chi connectivity index (χ3v) is 6.85. The molecule has 0 radical (unpaired) electrons. The molecule has 41 heavy (non-hydrogen) atoms. The zero-order chi connectivity index (χ0) is 28.9. The summed E-state index contributed by atoms with van der Waals surface area (Å²) in [5.74, 6) is -0.257. The SMILES string of the molecule is CCn1nc(C)cc1C(=O)Nc1nc2cc(C(N)=O)cc3c2n1[C@@H](CCCCNC(=O)/C=C/c1ccccn1)CO3. The zero-order valence-corrected chi connectivity index (χ0v) is 23.0. The number of amides is 3. The number of nitrogens with two attached hydrogens (primary N) is 1. The van der Waals surface area contributed by atoms with Crippen molar-refractivity contribution in [2.24, 2.45) is 5.73 Å². The molecule has 1 atom stereocenters. The first-order valence-corrected chi connectivity index (χ1v) is 13.6. The quantitative estimate of drug-likeness (QED) is 0.189. The second-order valence-electron chi connectivity index (χ2n) is 9.79. The van der Waals surface area contributed by atoms with Crippen LogP contribution >= 0.6 is 0 Å². The summed E-state index contributed by atoms with van der Waals surface area (Å²) >= 11 is 0. The largest absolute Gasteiger partial charge is 0.489 e. The topological polar surface area (TPSA) is 159 Å². The van der Waals surface area contributed by atoms with Gasteiger partial charge in [-0.25, -0.2) is 4.98 Å². The fourth-order valence-corrected chi connectivity index (χ4v) is 4.91. The molecule has 0 saturated heterocycles. The molecule has 4 N–H and O–H groups in total. The maximum Gasteiger partial charge on any atom is 0.276 e. The van der Waals surface area contributed by atoms with Crippen molar-refractivity contribution in [2.75, 3.05) is 18.5 Å². The predicted octanol–water partition coefficient (Wildman–Crippen LogP) is 3.24. The Bertz CT molecular complexity index is 1620. The summed E-state index contributed by atoms with van der Waals surface area (Å²) in [6.45, 7) is 5.14. The van der Waals surface area contributed by atoms with Gasteiger partial charge in [0.05, 0.1) is 22.9 Å². The lowest BCUT2D eigenvalue weighted by atomic mass is 10.1. The summed E-state index contributed by atoms with van der Waals surface area (Å²) in [4.78, 5) is 46.2. The number of hydrogen-bond donors (Lipinski definition) is 3. The first-order valence-electron chi connectivity index (χ1n) is 13.6. The smallest absolute Gasteiger partial charge is 0.276 e. The molecule has 0 aliphatic carbocycles. The van der Waals surface area contributed by atoms with E-state index >= 15 is 0 Å². The molecule has 0 bridgehead atoms. The molecule has 3 amide bonds. The molecular formula is C29H32N8O4. The highest BCUT2D eigenvalue weighted by Gasteiger charge is 2.29. The van der Waals surface area contributed by atoms with Gasteiger partial charge in [-0.15, -0.1) is 0 Å². The monoisotopic (exact) mass is 556 g/mol. The Balaban J connectivity index is 1.29. The number of nitrogens with one attached hydrogen (secondary N) is 2. The van der Waals surface area contributed by atoms with E-state index in [1.807, 2.05) is 36.6 Å². The fraction of sp³-hybridized carbons (Fsp3) is 0.310. The maximum atomic E-state index is 13.3. The van der Waals surface area contributed by atoms with Crippen molar-refractivity contribution >= 4 is 40.8 Å². The fourth-order valence-electron chi connectivity index (χ4n) is 4.91. The van der Waals surface area contributed by atoms with Crippen LogP contribution in [0.25, 0.3) is 17.1 Å². The Kier molecular flexibility index (Phi) is 8.09. The van der Waals surface area contributed by atoms with Gasteiger partial charge in [-0.05, 0) is 69.5 Å². The van der Waals surface area contributed by atoms with Crippen molar-refractivity contribution in [1.82, 2.24) is 29.6 Å². The number of nitrogens with zero attached hydrogens (tertiary/aromatic N) is 5. The molecule has 0 fully saturated rings. The Morgan fingerprint density at radius 1 is 1.20 bits per heavy atom. The van der Waals surface area contributed by atoms with Crippen molar-refractivity contribution in [3.63, 3.8) is 0 Å². The number of aromatic nitrogens is 5. The normalized spacial score (nSPS) is 14.2. The van der Waals surface area contributed by atoms with Crippen molar-refractivity contribution in [2.45, 2.75) is 45.7 Å². The highest BCUT2D eigenvalue weighted by Crippen LogP contribution is 2.38. The summed E-state index contributed by atoms with van der Waals surface area (Å²) in [6.07, 6.45) is 7.08. The van der Waals surface area contributed by atoms with E-state index in [1.54, 1.807) is 35.2 Å². The molecule has 1 aromatic carbocycles. The van der Waals surface area contributed by atoms with E-state index in [2.05, 4.69) is 25.7 Å². The third kappa shape index (κ3) is 6.11. The van der Waals surface area contributed by atoms with Gasteiger partial charge in [0.1, 0.15) is 23.6 Å². The second kappa shape index (κ2) is 12.0. The number of carbonyl (C=O) groups is 3. The second-order valence-corrected chi connectivity index (χ2v) is 9.79. The summed E-state index contributed by atoms with van der Waals surface area (Å²) in [5.41, 5.74) is 8.89.